The zero-order valence-electron chi connectivity index (χ0n) is 10.6. The molecule has 4 heteroatoms. The molecule has 96 valence electrons. The van der Waals surface area contributed by atoms with Crippen LogP contribution in [0.2, 0.25) is 0 Å². The van der Waals surface area contributed by atoms with Gasteiger partial charge in [0.25, 0.3) is 5.91 Å². The summed E-state index contributed by atoms with van der Waals surface area (Å²) in [6.07, 6.45) is 6.25. The third kappa shape index (κ3) is 1.95. The molecule has 0 saturated carbocycles. The summed E-state index contributed by atoms with van der Waals surface area (Å²) >= 11 is 0. The van der Waals surface area contributed by atoms with E-state index in [9.17, 15) is 4.79 Å². The Labute approximate surface area is 111 Å². The fourth-order valence-electron chi connectivity index (χ4n) is 2.54. The Hall–Kier alpha value is -2.36. The molecule has 4 nitrogen and oxygen atoms in total. The number of amides is 1. The van der Waals surface area contributed by atoms with Gasteiger partial charge in [0.15, 0.2) is 0 Å². The normalized spacial score (nSPS) is 13.8. The fourth-order valence-corrected chi connectivity index (χ4v) is 2.54. The van der Waals surface area contributed by atoms with Gasteiger partial charge >= 0.3 is 0 Å². The van der Waals surface area contributed by atoms with Crippen LogP contribution < -0.4 is 5.32 Å². The second-order valence-electron chi connectivity index (χ2n) is 4.53. The van der Waals surface area contributed by atoms with Crippen LogP contribution in [0.5, 0.6) is 0 Å². The highest BCUT2D eigenvalue weighted by atomic mass is 16.1. The zero-order chi connectivity index (χ0) is 13.2. The van der Waals surface area contributed by atoms with Gasteiger partial charge in [-0.15, -0.1) is 6.58 Å². The number of hydrogen-bond acceptors (Lipinski definition) is 2. The number of pyridine rings is 1. The maximum absolute atomic E-state index is 11.9. The van der Waals surface area contributed by atoms with Gasteiger partial charge in [-0.25, -0.2) is 0 Å². The lowest BCUT2D eigenvalue weighted by molar-refractivity contribution is 0.0945. The Bertz CT molecular complexity index is 628. The van der Waals surface area contributed by atoms with Crippen molar-refractivity contribution in [2.75, 3.05) is 6.54 Å². The van der Waals surface area contributed by atoms with Crippen molar-refractivity contribution in [1.82, 2.24) is 14.9 Å². The van der Waals surface area contributed by atoms with E-state index < -0.39 is 0 Å². The van der Waals surface area contributed by atoms with E-state index in [1.165, 1.54) is 0 Å². The van der Waals surface area contributed by atoms with Crippen LogP contribution in [0.15, 0.2) is 43.2 Å². The SMILES string of the molecule is C=CCn1c(-c2ccncc2)cc2c1CCNC2=O. The summed E-state index contributed by atoms with van der Waals surface area (Å²) < 4.78 is 2.16. The van der Waals surface area contributed by atoms with Crippen molar-refractivity contribution in [3.63, 3.8) is 0 Å². The van der Waals surface area contributed by atoms with Gasteiger partial charge in [-0.3, -0.25) is 9.78 Å². The molecule has 1 aliphatic rings. The molecule has 0 atom stereocenters. The van der Waals surface area contributed by atoms with Crippen LogP contribution in [-0.2, 0) is 13.0 Å². The Balaban J connectivity index is 2.19. The number of rotatable bonds is 3. The average molecular weight is 253 g/mol. The van der Waals surface area contributed by atoms with E-state index in [2.05, 4.69) is 21.4 Å². The van der Waals surface area contributed by atoms with Crippen LogP contribution in [0.4, 0.5) is 0 Å². The predicted octanol–water partition coefficient (Wildman–Crippen LogP) is 2.02. The molecule has 0 spiro atoms. The first-order chi connectivity index (χ1) is 9.31. The number of nitrogens with zero attached hydrogens (tertiary/aromatic N) is 2. The smallest absolute Gasteiger partial charge is 0.253 e. The molecular formula is C15H15N3O. The van der Waals surface area contributed by atoms with Crippen molar-refractivity contribution in [2.24, 2.45) is 0 Å². The summed E-state index contributed by atoms with van der Waals surface area (Å²) in [5, 5.41) is 2.88. The Morgan fingerprint density at radius 3 is 2.95 bits per heavy atom. The predicted molar refractivity (Wildman–Crippen MR) is 73.9 cm³/mol. The molecule has 1 N–H and O–H groups in total. The second-order valence-corrected chi connectivity index (χ2v) is 4.53. The van der Waals surface area contributed by atoms with Crippen molar-refractivity contribution < 1.29 is 4.79 Å². The van der Waals surface area contributed by atoms with E-state index in [1.807, 2.05) is 24.3 Å². The van der Waals surface area contributed by atoms with Gasteiger partial charge in [-0.05, 0) is 18.2 Å². The number of carbonyl (C=O) groups is 1. The van der Waals surface area contributed by atoms with Gasteiger partial charge in [-0.2, -0.15) is 0 Å². The van der Waals surface area contributed by atoms with Gasteiger partial charge in [0.05, 0.1) is 5.56 Å². The van der Waals surface area contributed by atoms with E-state index in [-0.39, 0.29) is 5.91 Å². The van der Waals surface area contributed by atoms with Crippen molar-refractivity contribution in [2.45, 2.75) is 13.0 Å². The summed E-state index contributed by atoms with van der Waals surface area (Å²) in [4.78, 5) is 16.0. The maximum atomic E-state index is 11.9. The fraction of sp³-hybridized carbons (Fsp3) is 0.200. The number of aromatic nitrogens is 2. The van der Waals surface area contributed by atoms with E-state index >= 15 is 0 Å². The first-order valence-corrected chi connectivity index (χ1v) is 6.33. The minimum atomic E-state index is 0.0133. The Kier molecular flexibility index (Phi) is 2.91. The lowest BCUT2D eigenvalue weighted by Gasteiger charge is -2.16. The molecule has 0 saturated heterocycles. The summed E-state index contributed by atoms with van der Waals surface area (Å²) in [6.45, 7) is 5.21. The lowest BCUT2D eigenvalue weighted by Crippen LogP contribution is -2.32. The molecule has 1 aliphatic heterocycles. The Morgan fingerprint density at radius 2 is 2.21 bits per heavy atom. The third-order valence-electron chi connectivity index (χ3n) is 3.39. The highest BCUT2D eigenvalue weighted by Gasteiger charge is 2.23. The quantitative estimate of drug-likeness (QED) is 0.851. The first-order valence-electron chi connectivity index (χ1n) is 6.33. The van der Waals surface area contributed by atoms with Gasteiger partial charge in [0.1, 0.15) is 0 Å². The van der Waals surface area contributed by atoms with Crippen molar-refractivity contribution in [1.29, 1.82) is 0 Å². The zero-order valence-corrected chi connectivity index (χ0v) is 10.6. The van der Waals surface area contributed by atoms with Crippen LogP contribution in [0, 0.1) is 0 Å². The van der Waals surface area contributed by atoms with Crippen LogP contribution >= 0.6 is 0 Å². The monoisotopic (exact) mass is 253 g/mol. The number of fused-ring (bicyclic) bond motifs is 1. The molecular weight excluding hydrogens is 238 g/mol. The molecule has 0 aliphatic carbocycles. The summed E-state index contributed by atoms with van der Waals surface area (Å²) in [6, 6.07) is 5.87. The number of allylic oxidation sites excluding steroid dienone is 1. The second kappa shape index (κ2) is 4.72. The number of nitrogens with one attached hydrogen (secondary N) is 1. The van der Waals surface area contributed by atoms with E-state index in [0.717, 1.165) is 28.9 Å². The van der Waals surface area contributed by atoms with Crippen molar-refractivity contribution in [3.05, 3.63) is 54.5 Å². The van der Waals surface area contributed by atoms with Crippen LogP contribution in [0.1, 0.15) is 16.1 Å². The summed E-state index contributed by atoms with van der Waals surface area (Å²) in [5.41, 5.74) is 3.98. The molecule has 0 unspecified atom stereocenters. The van der Waals surface area contributed by atoms with Gasteiger partial charge in [0, 0.05) is 48.9 Å². The van der Waals surface area contributed by atoms with Gasteiger partial charge in [0.2, 0.25) is 0 Å². The minimum absolute atomic E-state index is 0.0133. The maximum Gasteiger partial charge on any atom is 0.253 e. The molecule has 3 rings (SSSR count). The summed E-state index contributed by atoms with van der Waals surface area (Å²) in [5.74, 6) is 0.0133. The molecule has 0 fully saturated rings. The van der Waals surface area contributed by atoms with E-state index in [1.54, 1.807) is 12.4 Å². The molecule has 0 radical (unpaired) electrons. The molecule has 1 amide bonds. The molecule has 3 heterocycles. The van der Waals surface area contributed by atoms with Gasteiger partial charge in [-0.1, -0.05) is 6.08 Å². The Morgan fingerprint density at radius 1 is 1.42 bits per heavy atom. The average Bonchev–Trinajstić information content (AvgIpc) is 2.81. The van der Waals surface area contributed by atoms with Crippen LogP contribution in [0.3, 0.4) is 0 Å². The topological polar surface area (TPSA) is 46.9 Å². The molecule has 2 aromatic heterocycles. The van der Waals surface area contributed by atoms with Crippen LogP contribution in [-0.4, -0.2) is 22.0 Å². The minimum Gasteiger partial charge on any atom is -0.352 e. The number of hydrogen-bond donors (Lipinski definition) is 1. The van der Waals surface area contributed by atoms with Crippen molar-refractivity contribution >= 4 is 5.91 Å². The largest absolute Gasteiger partial charge is 0.352 e. The van der Waals surface area contributed by atoms with Crippen molar-refractivity contribution in [3.8, 4) is 11.3 Å². The molecule has 0 bridgehead atoms. The van der Waals surface area contributed by atoms with Crippen LogP contribution in [0.25, 0.3) is 11.3 Å². The lowest BCUT2D eigenvalue weighted by atomic mass is 10.1. The highest BCUT2D eigenvalue weighted by Crippen LogP contribution is 2.27. The molecule has 0 aromatic carbocycles. The number of carbonyl (C=O) groups excluding carboxylic acids is 1. The molecule has 19 heavy (non-hydrogen) atoms. The third-order valence-corrected chi connectivity index (χ3v) is 3.39. The summed E-state index contributed by atoms with van der Waals surface area (Å²) in [7, 11) is 0. The van der Waals surface area contributed by atoms with E-state index in [4.69, 9.17) is 0 Å². The molecule has 2 aromatic rings. The highest BCUT2D eigenvalue weighted by molar-refractivity contribution is 5.98. The standard InChI is InChI=1S/C15H15N3O/c1-2-9-18-13-5-8-17-15(19)12(13)10-14(18)11-3-6-16-7-4-11/h2-4,6-7,10H,1,5,8-9H2,(H,17,19). The van der Waals surface area contributed by atoms with E-state index in [0.29, 0.717) is 13.1 Å². The first kappa shape index (κ1) is 11.7. The van der Waals surface area contributed by atoms with Gasteiger partial charge < -0.3 is 9.88 Å².